The zero-order chi connectivity index (χ0) is 13.1. The molecule has 6 nitrogen and oxygen atoms in total. The lowest BCUT2D eigenvalue weighted by Crippen LogP contribution is -2.58. The maximum atomic E-state index is 11.6. The second kappa shape index (κ2) is 5.35. The van der Waals surface area contributed by atoms with Crippen molar-refractivity contribution >= 4 is 12.0 Å². The van der Waals surface area contributed by atoms with Crippen LogP contribution in [0.5, 0.6) is 0 Å². The Labute approximate surface area is 101 Å². The van der Waals surface area contributed by atoms with Crippen LogP contribution in [0.4, 0.5) is 4.79 Å². The number of rotatable bonds is 6. The lowest BCUT2D eigenvalue weighted by Gasteiger charge is -2.27. The number of hydrogen-bond donors (Lipinski definition) is 3. The van der Waals surface area contributed by atoms with Crippen molar-refractivity contribution in [3.8, 4) is 0 Å². The Bertz CT molecular complexity index is 304. The number of carbonyl (C=O) groups excluding carboxylic acids is 1. The summed E-state index contributed by atoms with van der Waals surface area (Å²) >= 11 is 0. The normalized spacial score (nSPS) is 20.2. The monoisotopic (exact) mass is 244 g/mol. The molecule has 0 heterocycles. The molecule has 2 amide bonds. The van der Waals surface area contributed by atoms with Gasteiger partial charge >= 0.3 is 12.0 Å². The number of ether oxygens (including phenoxy) is 1. The Balaban J connectivity index is 2.50. The number of carbonyl (C=O) groups is 2. The van der Waals surface area contributed by atoms with Crippen LogP contribution in [-0.4, -0.2) is 42.4 Å². The van der Waals surface area contributed by atoms with Crippen LogP contribution in [0.15, 0.2) is 0 Å². The molecule has 1 rings (SSSR count). The number of urea groups is 1. The molecular weight excluding hydrogens is 224 g/mol. The van der Waals surface area contributed by atoms with Crippen LogP contribution in [-0.2, 0) is 9.53 Å². The van der Waals surface area contributed by atoms with E-state index in [2.05, 4.69) is 10.6 Å². The first-order valence-electron chi connectivity index (χ1n) is 5.71. The van der Waals surface area contributed by atoms with Gasteiger partial charge in [0.15, 0.2) is 0 Å². The number of aliphatic carboxylic acids is 1. The first-order valence-corrected chi connectivity index (χ1v) is 5.71. The fraction of sp³-hybridized carbons (Fsp3) is 0.818. The van der Waals surface area contributed by atoms with Gasteiger partial charge in [0.25, 0.3) is 0 Å². The van der Waals surface area contributed by atoms with Gasteiger partial charge in [-0.05, 0) is 32.6 Å². The molecule has 0 aromatic carbocycles. The van der Waals surface area contributed by atoms with Gasteiger partial charge in [0, 0.05) is 7.11 Å². The fourth-order valence-electron chi connectivity index (χ4n) is 1.78. The molecule has 2 unspecified atom stereocenters. The van der Waals surface area contributed by atoms with E-state index in [0.717, 1.165) is 12.8 Å². The average Bonchev–Trinajstić information content (AvgIpc) is 2.99. The summed E-state index contributed by atoms with van der Waals surface area (Å²) in [6.45, 7) is 3.73. The third-order valence-corrected chi connectivity index (χ3v) is 3.01. The number of methoxy groups -OCH3 is 1. The largest absolute Gasteiger partial charge is 0.480 e. The highest BCUT2D eigenvalue weighted by molar-refractivity contribution is 5.86. The number of hydrogen-bond acceptors (Lipinski definition) is 3. The lowest BCUT2D eigenvalue weighted by atomic mass is 9.96. The Kier molecular flexibility index (Phi) is 4.34. The minimum Gasteiger partial charge on any atom is -0.480 e. The van der Waals surface area contributed by atoms with Crippen molar-refractivity contribution in [2.75, 3.05) is 13.7 Å². The molecule has 1 aliphatic rings. The summed E-state index contributed by atoms with van der Waals surface area (Å²) in [4.78, 5) is 22.8. The third-order valence-electron chi connectivity index (χ3n) is 3.01. The standard InChI is InChI=1S/C11H20N2O4/c1-7(6-17-3)12-10(16)13-11(2,9(14)15)8-4-5-8/h7-8H,4-6H2,1-3H3,(H,14,15)(H2,12,13,16). The number of nitrogens with one attached hydrogen (secondary N) is 2. The highest BCUT2D eigenvalue weighted by Crippen LogP contribution is 2.39. The van der Waals surface area contributed by atoms with Gasteiger partial charge in [-0.15, -0.1) is 0 Å². The lowest BCUT2D eigenvalue weighted by molar-refractivity contribution is -0.144. The van der Waals surface area contributed by atoms with Crippen molar-refractivity contribution in [2.45, 2.75) is 38.3 Å². The predicted octanol–water partition coefficient (Wildman–Crippen LogP) is 0.574. The quantitative estimate of drug-likeness (QED) is 0.637. The maximum absolute atomic E-state index is 11.6. The van der Waals surface area contributed by atoms with Crippen molar-refractivity contribution in [1.82, 2.24) is 10.6 Å². The molecule has 0 saturated heterocycles. The summed E-state index contributed by atoms with van der Waals surface area (Å²) in [7, 11) is 1.54. The summed E-state index contributed by atoms with van der Waals surface area (Å²) in [6, 6.07) is -0.622. The van der Waals surface area contributed by atoms with Crippen LogP contribution in [0.25, 0.3) is 0 Å². The zero-order valence-electron chi connectivity index (χ0n) is 10.4. The van der Waals surface area contributed by atoms with Crippen molar-refractivity contribution in [3.63, 3.8) is 0 Å². The molecule has 1 aliphatic carbocycles. The molecule has 1 saturated carbocycles. The summed E-state index contributed by atoms with van der Waals surface area (Å²) in [6.07, 6.45) is 1.69. The van der Waals surface area contributed by atoms with Crippen LogP contribution in [0.3, 0.4) is 0 Å². The van der Waals surface area contributed by atoms with Gasteiger partial charge < -0.3 is 20.5 Å². The maximum Gasteiger partial charge on any atom is 0.329 e. The van der Waals surface area contributed by atoms with Crippen LogP contribution in [0.2, 0.25) is 0 Å². The Morgan fingerprint density at radius 3 is 2.53 bits per heavy atom. The number of carboxylic acids is 1. The summed E-state index contributed by atoms with van der Waals surface area (Å²) in [5, 5.41) is 14.3. The van der Waals surface area contributed by atoms with Crippen molar-refractivity contribution in [2.24, 2.45) is 5.92 Å². The SMILES string of the molecule is COCC(C)NC(=O)NC(C)(C(=O)O)C1CC1. The first kappa shape index (κ1) is 13.8. The van der Waals surface area contributed by atoms with E-state index in [1.807, 2.05) is 0 Å². The predicted molar refractivity (Wildman–Crippen MR) is 61.8 cm³/mol. The van der Waals surface area contributed by atoms with Gasteiger partial charge in [0.2, 0.25) is 0 Å². The van der Waals surface area contributed by atoms with Crippen LogP contribution in [0.1, 0.15) is 26.7 Å². The molecule has 0 radical (unpaired) electrons. The average molecular weight is 244 g/mol. The van der Waals surface area contributed by atoms with E-state index < -0.39 is 17.5 Å². The molecule has 0 aromatic heterocycles. The molecule has 3 N–H and O–H groups in total. The van der Waals surface area contributed by atoms with Gasteiger partial charge in [0.1, 0.15) is 5.54 Å². The van der Waals surface area contributed by atoms with Gasteiger partial charge in [-0.1, -0.05) is 0 Å². The minimum atomic E-state index is -1.17. The minimum absolute atomic E-state index is 0.0310. The van der Waals surface area contributed by atoms with E-state index in [-0.39, 0.29) is 12.0 Å². The summed E-state index contributed by atoms with van der Waals surface area (Å²) in [5.41, 5.74) is -1.17. The van der Waals surface area contributed by atoms with Gasteiger partial charge in [-0.25, -0.2) is 9.59 Å². The summed E-state index contributed by atoms with van der Waals surface area (Å²) < 4.78 is 4.88. The molecule has 0 bridgehead atoms. The molecule has 2 atom stereocenters. The molecule has 98 valence electrons. The first-order chi connectivity index (χ1) is 7.90. The Hall–Kier alpha value is -1.30. The van der Waals surface area contributed by atoms with E-state index in [1.165, 1.54) is 0 Å². The van der Waals surface area contributed by atoms with Crippen molar-refractivity contribution < 1.29 is 19.4 Å². The van der Waals surface area contributed by atoms with Gasteiger partial charge in [-0.3, -0.25) is 0 Å². The van der Waals surface area contributed by atoms with E-state index in [9.17, 15) is 9.59 Å². The third kappa shape index (κ3) is 3.59. The topological polar surface area (TPSA) is 87.7 Å². The number of amides is 2. The second-order valence-electron chi connectivity index (χ2n) is 4.74. The molecule has 17 heavy (non-hydrogen) atoms. The Morgan fingerprint density at radius 1 is 1.53 bits per heavy atom. The van der Waals surface area contributed by atoms with Crippen molar-refractivity contribution in [1.29, 1.82) is 0 Å². The van der Waals surface area contributed by atoms with E-state index in [0.29, 0.717) is 6.61 Å². The van der Waals surface area contributed by atoms with E-state index >= 15 is 0 Å². The van der Waals surface area contributed by atoms with Crippen LogP contribution in [0, 0.1) is 5.92 Å². The van der Waals surface area contributed by atoms with E-state index in [4.69, 9.17) is 9.84 Å². The van der Waals surface area contributed by atoms with Crippen molar-refractivity contribution in [3.05, 3.63) is 0 Å². The molecule has 0 aliphatic heterocycles. The van der Waals surface area contributed by atoms with Gasteiger partial charge in [-0.2, -0.15) is 0 Å². The highest BCUT2D eigenvalue weighted by atomic mass is 16.5. The molecule has 0 aromatic rings. The molecule has 1 fully saturated rings. The number of carboxylic acid groups (broad SMARTS) is 1. The van der Waals surface area contributed by atoms with Crippen LogP contribution < -0.4 is 10.6 Å². The van der Waals surface area contributed by atoms with Crippen LogP contribution >= 0.6 is 0 Å². The fourth-order valence-corrected chi connectivity index (χ4v) is 1.78. The summed E-state index contributed by atoms with van der Waals surface area (Å²) in [5.74, 6) is -0.960. The molecule has 6 heteroatoms. The van der Waals surface area contributed by atoms with Gasteiger partial charge in [0.05, 0.1) is 12.6 Å². The molecule has 0 spiro atoms. The second-order valence-corrected chi connectivity index (χ2v) is 4.74. The zero-order valence-corrected chi connectivity index (χ0v) is 10.4. The smallest absolute Gasteiger partial charge is 0.329 e. The Morgan fingerprint density at radius 2 is 2.12 bits per heavy atom. The molecular formula is C11H20N2O4. The highest BCUT2D eigenvalue weighted by Gasteiger charge is 2.48. The van der Waals surface area contributed by atoms with E-state index in [1.54, 1.807) is 21.0 Å².